The molecule has 0 aliphatic carbocycles. The van der Waals surface area contributed by atoms with Gasteiger partial charge in [0, 0.05) is 31.1 Å². The van der Waals surface area contributed by atoms with Crippen LogP contribution in [0.3, 0.4) is 0 Å². The minimum atomic E-state index is -0.594. The largest absolute Gasteiger partial charge is 0.332 e. The number of likely N-dealkylation sites (N-methyl/N-ethyl adjacent to an activating group) is 1. The number of nitrogens with one attached hydrogen (secondary N) is 1. The summed E-state index contributed by atoms with van der Waals surface area (Å²) in [5.41, 5.74) is 0.884. The summed E-state index contributed by atoms with van der Waals surface area (Å²) in [5, 5.41) is 3.08. The highest BCUT2D eigenvalue weighted by molar-refractivity contribution is 7.15. The van der Waals surface area contributed by atoms with E-state index in [0.717, 1.165) is 30.2 Å². The predicted molar refractivity (Wildman–Crippen MR) is 78.9 cm³/mol. The van der Waals surface area contributed by atoms with Gasteiger partial charge in [-0.25, -0.2) is 4.98 Å². The van der Waals surface area contributed by atoms with Gasteiger partial charge in [0.05, 0.1) is 5.69 Å². The number of thiazole rings is 1. The smallest absolute Gasteiger partial charge is 0.315 e. The van der Waals surface area contributed by atoms with Gasteiger partial charge < -0.3 is 9.80 Å². The monoisotopic (exact) mass is 296 g/mol. The van der Waals surface area contributed by atoms with Gasteiger partial charge in [-0.1, -0.05) is 6.92 Å². The zero-order valence-corrected chi connectivity index (χ0v) is 12.9. The minimum Gasteiger partial charge on any atom is -0.332 e. The first-order valence-electron chi connectivity index (χ1n) is 6.78. The van der Waals surface area contributed by atoms with Crippen molar-refractivity contribution in [2.45, 2.75) is 20.8 Å². The van der Waals surface area contributed by atoms with Crippen LogP contribution in [-0.2, 0) is 9.59 Å². The maximum Gasteiger partial charge on any atom is 0.315 e. The molecule has 0 bridgehead atoms. The molecule has 110 valence electrons. The van der Waals surface area contributed by atoms with Crippen LogP contribution in [0, 0.1) is 13.8 Å². The van der Waals surface area contributed by atoms with Crippen molar-refractivity contribution >= 4 is 28.3 Å². The van der Waals surface area contributed by atoms with Crippen molar-refractivity contribution in [1.82, 2.24) is 14.8 Å². The third-order valence-corrected chi connectivity index (χ3v) is 4.54. The first kappa shape index (κ1) is 14.9. The third-order valence-electron chi connectivity index (χ3n) is 3.55. The van der Waals surface area contributed by atoms with E-state index in [0.29, 0.717) is 18.2 Å². The fraction of sp³-hybridized carbons (Fsp3) is 0.615. The minimum absolute atomic E-state index is 0.466. The van der Waals surface area contributed by atoms with Gasteiger partial charge in [0.15, 0.2) is 5.13 Å². The summed E-state index contributed by atoms with van der Waals surface area (Å²) in [6.07, 6.45) is 0. The Hall–Kier alpha value is -1.47. The normalized spacial score (nSPS) is 16.2. The average molecular weight is 296 g/mol. The Morgan fingerprint density at radius 1 is 1.25 bits per heavy atom. The van der Waals surface area contributed by atoms with Crippen molar-refractivity contribution in [2.24, 2.45) is 0 Å². The quantitative estimate of drug-likeness (QED) is 0.822. The summed E-state index contributed by atoms with van der Waals surface area (Å²) >= 11 is 1.39. The Balaban J connectivity index is 1.91. The summed E-state index contributed by atoms with van der Waals surface area (Å²) < 4.78 is 0. The van der Waals surface area contributed by atoms with Crippen molar-refractivity contribution in [3.8, 4) is 0 Å². The third kappa shape index (κ3) is 3.34. The van der Waals surface area contributed by atoms with E-state index in [2.05, 4.69) is 22.1 Å². The molecule has 0 saturated carbocycles. The summed E-state index contributed by atoms with van der Waals surface area (Å²) in [5.74, 6) is -1.06. The van der Waals surface area contributed by atoms with Crippen molar-refractivity contribution in [3.05, 3.63) is 10.6 Å². The number of anilines is 1. The van der Waals surface area contributed by atoms with Crippen molar-refractivity contribution in [3.63, 3.8) is 0 Å². The van der Waals surface area contributed by atoms with Gasteiger partial charge in [-0.15, -0.1) is 11.3 Å². The molecule has 2 amide bonds. The molecular formula is C13H20N4O2S. The fourth-order valence-corrected chi connectivity index (χ4v) is 2.90. The molecule has 1 aromatic rings. The second kappa shape index (κ2) is 6.32. The summed E-state index contributed by atoms with van der Waals surface area (Å²) in [6, 6.07) is 0. The topological polar surface area (TPSA) is 65.5 Å². The van der Waals surface area contributed by atoms with Gasteiger partial charge >= 0.3 is 11.8 Å². The van der Waals surface area contributed by atoms with Crippen molar-refractivity contribution in [2.75, 3.05) is 38.0 Å². The fourth-order valence-electron chi connectivity index (χ4n) is 2.09. The maximum absolute atomic E-state index is 12.1. The standard InChI is InChI=1S/C13H20N4O2S/c1-4-16-5-7-17(8-6-16)12(19)11(18)15-13-14-9(2)10(3)20-13/h4-8H2,1-3H3,(H,14,15,18). The molecule has 1 aromatic heterocycles. The van der Waals surface area contributed by atoms with Crippen LogP contribution in [0.2, 0.25) is 0 Å². The summed E-state index contributed by atoms with van der Waals surface area (Å²) in [7, 11) is 0. The number of hydrogen-bond donors (Lipinski definition) is 1. The number of carbonyl (C=O) groups is 2. The molecule has 1 fully saturated rings. The van der Waals surface area contributed by atoms with Crippen LogP contribution in [-0.4, -0.2) is 59.3 Å². The number of rotatable bonds is 2. The molecular weight excluding hydrogens is 276 g/mol. The number of piperazine rings is 1. The Labute approximate surface area is 122 Å². The highest BCUT2D eigenvalue weighted by Gasteiger charge is 2.26. The Morgan fingerprint density at radius 3 is 2.40 bits per heavy atom. The lowest BCUT2D eigenvalue weighted by Crippen LogP contribution is -2.51. The maximum atomic E-state index is 12.1. The number of amides is 2. The second-order valence-corrected chi connectivity index (χ2v) is 6.04. The number of aryl methyl sites for hydroxylation is 2. The van der Waals surface area contributed by atoms with E-state index in [-0.39, 0.29) is 0 Å². The van der Waals surface area contributed by atoms with E-state index in [1.807, 2.05) is 13.8 Å². The van der Waals surface area contributed by atoms with E-state index in [9.17, 15) is 9.59 Å². The molecule has 20 heavy (non-hydrogen) atoms. The molecule has 7 heteroatoms. The van der Waals surface area contributed by atoms with Gasteiger partial charge in [-0.2, -0.15) is 0 Å². The molecule has 0 aromatic carbocycles. The molecule has 1 saturated heterocycles. The molecule has 1 aliphatic heterocycles. The number of nitrogens with zero attached hydrogens (tertiary/aromatic N) is 3. The molecule has 2 rings (SSSR count). The molecule has 6 nitrogen and oxygen atoms in total. The van der Waals surface area contributed by atoms with E-state index in [1.54, 1.807) is 4.90 Å². The predicted octanol–water partition coefficient (Wildman–Crippen LogP) is 0.863. The van der Waals surface area contributed by atoms with E-state index in [4.69, 9.17) is 0 Å². The van der Waals surface area contributed by atoms with Gasteiger partial charge in [-0.3, -0.25) is 14.9 Å². The van der Waals surface area contributed by atoms with Crippen LogP contribution in [0.4, 0.5) is 5.13 Å². The van der Waals surface area contributed by atoms with E-state index >= 15 is 0 Å². The molecule has 0 radical (unpaired) electrons. The van der Waals surface area contributed by atoms with Gasteiger partial charge in [0.2, 0.25) is 0 Å². The number of hydrogen-bond acceptors (Lipinski definition) is 5. The Morgan fingerprint density at radius 2 is 1.90 bits per heavy atom. The van der Waals surface area contributed by atoms with E-state index < -0.39 is 11.8 Å². The molecule has 0 atom stereocenters. The Bertz CT molecular complexity index is 487. The summed E-state index contributed by atoms with van der Waals surface area (Å²) in [6.45, 7) is 9.76. The lowest BCUT2D eigenvalue weighted by Gasteiger charge is -2.33. The average Bonchev–Trinajstić information content (AvgIpc) is 2.76. The highest BCUT2D eigenvalue weighted by atomic mass is 32.1. The van der Waals surface area contributed by atoms with Crippen molar-refractivity contribution in [1.29, 1.82) is 0 Å². The molecule has 0 unspecified atom stereocenters. The van der Waals surface area contributed by atoms with Crippen LogP contribution in [0.25, 0.3) is 0 Å². The van der Waals surface area contributed by atoms with Crippen LogP contribution < -0.4 is 5.32 Å². The molecule has 1 N–H and O–H groups in total. The van der Waals surface area contributed by atoms with Gasteiger partial charge in [0.1, 0.15) is 0 Å². The second-order valence-electron chi connectivity index (χ2n) is 4.84. The van der Waals surface area contributed by atoms with Gasteiger partial charge in [-0.05, 0) is 20.4 Å². The zero-order chi connectivity index (χ0) is 14.7. The van der Waals surface area contributed by atoms with Crippen LogP contribution in [0.1, 0.15) is 17.5 Å². The van der Waals surface area contributed by atoms with Crippen molar-refractivity contribution < 1.29 is 9.59 Å². The number of carbonyl (C=O) groups excluding carboxylic acids is 2. The first-order chi connectivity index (χ1) is 9.51. The molecule has 0 spiro atoms. The van der Waals surface area contributed by atoms with Crippen LogP contribution in [0.15, 0.2) is 0 Å². The lowest BCUT2D eigenvalue weighted by atomic mass is 10.3. The lowest BCUT2D eigenvalue weighted by molar-refractivity contribution is -0.144. The van der Waals surface area contributed by atoms with Crippen LogP contribution in [0.5, 0.6) is 0 Å². The SMILES string of the molecule is CCN1CCN(C(=O)C(=O)Nc2nc(C)c(C)s2)CC1. The zero-order valence-electron chi connectivity index (χ0n) is 12.1. The summed E-state index contributed by atoms with van der Waals surface area (Å²) in [4.78, 5) is 33.1. The number of aromatic nitrogens is 1. The molecule has 2 heterocycles. The molecule has 1 aliphatic rings. The van der Waals surface area contributed by atoms with Gasteiger partial charge in [0.25, 0.3) is 0 Å². The highest BCUT2D eigenvalue weighted by Crippen LogP contribution is 2.21. The van der Waals surface area contributed by atoms with E-state index in [1.165, 1.54) is 11.3 Å². The first-order valence-corrected chi connectivity index (χ1v) is 7.59. The van der Waals surface area contributed by atoms with Crippen LogP contribution >= 0.6 is 11.3 Å². The Kier molecular flexibility index (Phi) is 4.72.